The van der Waals surface area contributed by atoms with Crippen LogP contribution in [0.2, 0.25) is 5.02 Å². The summed E-state index contributed by atoms with van der Waals surface area (Å²) < 4.78 is 13.5. The number of phenolic OH excluding ortho intramolecular Hbond substituents is 1. The topological polar surface area (TPSA) is 135 Å². The highest BCUT2D eigenvalue weighted by Gasteiger charge is 2.55. The Morgan fingerprint density at radius 2 is 1.74 bits per heavy atom. The van der Waals surface area contributed by atoms with E-state index in [1.54, 1.807) is 71.4 Å². The molecule has 1 spiro atoms. The molecular formula is C38H36ClN5O6. The van der Waals surface area contributed by atoms with E-state index in [0.29, 0.717) is 64.7 Å². The maximum Gasteiger partial charge on any atom is 0.252 e. The fourth-order valence-electron chi connectivity index (χ4n) is 6.44. The molecule has 11 nitrogen and oxygen atoms in total. The Morgan fingerprint density at radius 3 is 2.46 bits per heavy atom. The number of anilines is 1. The largest absolute Gasteiger partial charge is 0.507 e. The molecule has 0 radical (unpaired) electrons. The summed E-state index contributed by atoms with van der Waals surface area (Å²) in [4.78, 5) is 42.9. The second kappa shape index (κ2) is 14.0. The highest BCUT2D eigenvalue weighted by atomic mass is 35.5. The Balaban J connectivity index is 1.11. The monoisotopic (exact) mass is 693 g/mol. The van der Waals surface area contributed by atoms with E-state index in [4.69, 9.17) is 21.1 Å². The molecule has 1 saturated carbocycles. The summed E-state index contributed by atoms with van der Waals surface area (Å²) in [7, 11) is 1.77. The molecule has 2 aliphatic heterocycles. The predicted octanol–water partition coefficient (Wildman–Crippen LogP) is 4.79. The van der Waals surface area contributed by atoms with E-state index in [0.717, 1.165) is 12.8 Å². The number of aromatic nitrogens is 2. The van der Waals surface area contributed by atoms with Gasteiger partial charge in [0, 0.05) is 53.8 Å². The van der Waals surface area contributed by atoms with Crippen molar-refractivity contribution in [1.29, 1.82) is 0 Å². The average Bonchev–Trinajstić information content (AvgIpc) is 3.83. The van der Waals surface area contributed by atoms with Gasteiger partial charge in [0.1, 0.15) is 29.3 Å². The first-order valence-corrected chi connectivity index (χ1v) is 16.9. The van der Waals surface area contributed by atoms with Crippen LogP contribution in [0.4, 0.5) is 5.69 Å². The first-order chi connectivity index (χ1) is 24.2. The van der Waals surface area contributed by atoms with E-state index in [-0.39, 0.29) is 24.2 Å². The zero-order valence-corrected chi connectivity index (χ0v) is 28.2. The maximum atomic E-state index is 14.5. The van der Waals surface area contributed by atoms with Crippen LogP contribution in [-0.4, -0.2) is 69.1 Å². The molecule has 3 heterocycles. The summed E-state index contributed by atoms with van der Waals surface area (Å²) in [6, 6.07) is 19.0. The number of amides is 3. The van der Waals surface area contributed by atoms with Gasteiger partial charge in [0.15, 0.2) is 0 Å². The summed E-state index contributed by atoms with van der Waals surface area (Å²) >= 11 is 6.16. The Bertz CT molecular complexity index is 1980. The maximum absolute atomic E-state index is 14.5. The molecule has 0 unspecified atom stereocenters. The van der Waals surface area contributed by atoms with Crippen LogP contribution in [0.15, 0.2) is 79.0 Å². The normalized spacial score (nSPS) is 18.6. The molecule has 2 atom stereocenters. The van der Waals surface area contributed by atoms with Crippen molar-refractivity contribution in [1.82, 2.24) is 20.0 Å². The number of hydrogen-bond acceptors (Lipinski definition) is 7. The number of aryl methyl sites for hydroxylation is 1. The SMILES string of the molecule is Cn1cc(C#Cc2ccc(NC(=O)[C@@H]3COC4(CCOCC4)N3C(=O)[C@H](NC(=O)C3CC3)c3ccccc3)cc2)c(-c2cc(Cl)ccc2O)n1. The van der Waals surface area contributed by atoms with Gasteiger partial charge in [-0.15, -0.1) is 0 Å². The smallest absolute Gasteiger partial charge is 0.252 e. The second-order valence-electron chi connectivity index (χ2n) is 12.8. The fraction of sp³-hybridized carbons (Fsp3) is 0.316. The lowest BCUT2D eigenvalue weighted by atomic mass is 9.97. The van der Waals surface area contributed by atoms with Crippen molar-refractivity contribution < 1.29 is 29.0 Å². The van der Waals surface area contributed by atoms with E-state index in [2.05, 4.69) is 27.6 Å². The van der Waals surface area contributed by atoms with Crippen molar-refractivity contribution in [2.45, 2.75) is 43.5 Å². The minimum Gasteiger partial charge on any atom is -0.507 e. The van der Waals surface area contributed by atoms with E-state index in [1.165, 1.54) is 6.07 Å². The van der Waals surface area contributed by atoms with E-state index < -0.39 is 29.6 Å². The van der Waals surface area contributed by atoms with E-state index >= 15 is 0 Å². The van der Waals surface area contributed by atoms with Crippen LogP contribution in [-0.2, 0) is 30.9 Å². The van der Waals surface area contributed by atoms with Crippen molar-refractivity contribution in [2.75, 3.05) is 25.1 Å². The highest BCUT2D eigenvalue weighted by Crippen LogP contribution is 2.40. The van der Waals surface area contributed by atoms with E-state index in [9.17, 15) is 19.5 Å². The standard InChI is InChI=1S/C38H36ClN5O6/c1-43-22-27(33(42-43)30-21-28(39)13-16-32(30)45)10-7-24-8-14-29(15-9-24)40-36(47)31-23-50-38(17-19-49-20-18-38)44(31)37(48)34(25-5-3-2-4-6-25)41-35(46)26-11-12-26/h2-6,8-9,13-16,21-22,26,31,34,45H,11-12,17-20,23H2,1H3,(H,40,47)(H,41,46)/t31-,34+/m0/s1. The van der Waals surface area contributed by atoms with Crippen molar-refractivity contribution in [3.63, 3.8) is 0 Å². The molecule has 1 aliphatic carbocycles. The molecule has 3 fully saturated rings. The van der Waals surface area contributed by atoms with Gasteiger partial charge >= 0.3 is 0 Å². The van der Waals surface area contributed by atoms with E-state index in [1.807, 2.05) is 18.2 Å². The Kier molecular flexibility index (Phi) is 9.33. The quantitative estimate of drug-likeness (QED) is 0.237. The van der Waals surface area contributed by atoms with Crippen molar-refractivity contribution in [2.24, 2.45) is 13.0 Å². The lowest BCUT2D eigenvalue weighted by Gasteiger charge is -2.42. The first-order valence-electron chi connectivity index (χ1n) is 16.6. The Morgan fingerprint density at radius 1 is 1.00 bits per heavy atom. The molecule has 2 saturated heterocycles. The zero-order valence-electron chi connectivity index (χ0n) is 27.4. The minimum atomic E-state index is -1.03. The summed E-state index contributed by atoms with van der Waals surface area (Å²) in [6.07, 6.45) is 4.16. The third-order valence-corrected chi connectivity index (χ3v) is 9.46. The number of ether oxygens (including phenoxy) is 2. The number of carbonyl (C=O) groups is 3. The second-order valence-corrected chi connectivity index (χ2v) is 13.2. The predicted molar refractivity (Wildman–Crippen MR) is 186 cm³/mol. The Labute approximate surface area is 294 Å². The molecule has 3 aliphatic rings. The number of rotatable bonds is 7. The van der Waals surface area contributed by atoms with Crippen LogP contribution in [0.25, 0.3) is 11.3 Å². The molecule has 50 heavy (non-hydrogen) atoms. The third-order valence-electron chi connectivity index (χ3n) is 9.23. The Hall–Kier alpha value is -5.15. The number of carbonyl (C=O) groups excluding carboxylic acids is 3. The summed E-state index contributed by atoms with van der Waals surface area (Å²) in [5, 5.41) is 21.3. The van der Waals surface area contributed by atoms with Crippen LogP contribution in [0, 0.1) is 17.8 Å². The molecule has 3 amide bonds. The van der Waals surface area contributed by atoms with Crippen molar-refractivity contribution >= 4 is 35.0 Å². The summed E-state index contributed by atoms with van der Waals surface area (Å²) in [6.45, 7) is 0.770. The molecule has 3 aromatic carbocycles. The van der Waals surface area contributed by atoms with Crippen molar-refractivity contribution in [3.8, 4) is 28.8 Å². The molecule has 3 N–H and O–H groups in total. The average molecular weight is 694 g/mol. The van der Waals surface area contributed by atoms with Gasteiger partial charge in [0.05, 0.1) is 25.4 Å². The molecule has 4 aromatic rings. The number of nitrogens with one attached hydrogen (secondary N) is 2. The van der Waals surface area contributed by atoms with Gasteiger partial charge in [-0.25, -0.2) is 0 Å². The third kappa shape index (κ3) is 6.96. The lowest BCUT2D eigenvalue weighted by molar-refractivity contribution is -0.172. The van der Waals surface area contributed by atoms with Gasteiger partial charge in [0.2, 0.25) is 11.8 Å². The van der Waals surface area contributed by atoms with Crippen LogP contribution in [0.3, 0.4) is 0 Å². The first kappa shape index (κ1) is 33.4. The molecule has 1 aromatic heterocycles. The number of phenols is 1. The van der Waals surface area contributed by atoms with Crippen LogP contribution in [0.1, 0.15) is 48.4 Å². The molecule has 7 rings (SSSR count). The van der Waals surface area contributed by atoms with Gasteiger partial charge < -0.3 is 25.2 Å². The molecule has 0 bridgehead atoms. The highest BCUT2D eigenvalue weighted by molar-refractivity contribution is 6.31. The molecular weight excluding hydrogens is 658 g/mol. The van der Waals surface area contributed by atoms with Gasteiger partial charge in [-0.1, -0.05) is 53.8 Å². The van der Waals surface area contributed by atoms with Gasteiger partial charge in [0.25, 0.3) is 5.91 Å². The van der Waals surface area contributed by atoms with Crippen LogP contribution in [0.5, 0.6) is 5.75 Å². The van der Waals surface area contributed by atoms with Crippen LogP contribution >= 0.6 is 11.6 Å². The van der Waals surface area contributed by atoms with Crippen LogP contribution < -0.4 is 10.6 Å². The number of benzene rings is 3. The summed E-state index contributed by atoms with van der Waals surface area (Å²) in [5.41, 5.74) is 2.41. The summed E-state index contributed by atoms with van der Waals surface area (Å²) in [5.74, 6) is 5.23. The number of hydrogen-bond donors (Lipinski definition) is 3. The van der Waals surface area contributed by atoms with Gasteiger partial charge in [-0.05, 0) is 60.9 Å². The van der Waals surface area contributed by atoms with Gasteiger partial charge in [-0.3, -0.25) is 24.0 Å². The molecule has 256 valence electrons. The number of aromatic hydroxyl groups is 1. The van der Waals surface area contributed by atoms with Crippen molar-refractivity contribution in [3.05, 3.63) is 101 Å². The fourth-order valence-corrected chi connectivity index (χ4v) is 6.61. The number of nitrogens with zero attached hydrogens (tertiary/aromatic N) is 3. The zero-order chi connectivity index (χ0) is 34.8. The number of halogens is 1. The lowest BCUT2D eigenvalue weighted by Crippen LogP contribution is -2.59. The van der Waals surface area contributed by atoms with Gasteiger partial charge in [-0.2, -0.15) is 5.10 Å². The molecule has 12 heteroatoms. The minimum absolute atomic E-state index is 0.00877.